The molecular formula is C18H25Cl2N5O2S. The third-order valence-electron chi connectivity index (χ3n) is 5.29. The topological polar surface area (TPSA) is 92.2 Å². The van der Waals surface area contributed by atoms with Gasteiger partial charge in [-0.2, -0.15) is 4.37 Å². The zero-order valence-corrected chi connectivity index (χ0v) is 18.0. The molecule has 0 radical (unpaired) electrons. The van der Waals surface area contributed by atoms with E-state index in [-0.39, 0.29) is 18.4 Å². The second-order valence-electron chi connectivity index (χ2n) is 7.12. The van der Waals surface area contributed by atoms with Gasteiger partial charge in [0.1, 0.15) is 5.69 Å². The van der Waals surface area contributed by atoms with Crippen LogP contribution >= 0.6 is 35.5 Å². The van der Waals surface area contributed by atoms with Gasteiger partial charge in [0.05, 0.1) is 40.5 Å². The van der Waals surface area contributed by atoms with Crippen molar-refractivity contribution in [3.8, 4) is 10.6 Å². The highest BCUT2D eigenvalue weighted by molar-refractivity contribution is 7.09. The van der Waals surface area contributed by atoms with E-state index in [1.807, 2.05) is 0 Å². The van der Waals surface area contributed by atoms with E-state index in [0.29, 0.717) is 42.2 Å². The lowest BCUT2D eigenvalue weighted by molar-refractivity contribution is -0.0136. The molecule has 2 fully saturated rings. The van der Waals surface area contributed by atoms with Gasteiger partial charge in [-0.25, -0.2) is 9.97 Å². The van der Waals surface area contributed by atoms with Crippen LogP contribution < -0.4 is 10.6 Å². The summed E-state index contributed by atoms with van der Waals surface area (Å²) in [5.74, 6) is 0.961. The molecule has 0 spiro atoms. The first-order valence-electron chi connectivity index (χ1n) is 9.35. The second-order valence-corrected chi connectivity index (χ2v) is 8.30. The Morgan fingerprint density at radius 1 is 1.32 bits per heavy atom. The van der Waals surface area contributed by atoms with Crippen molar-refractivity contribution in [2.24, 2.45) is 0 Å². The molecule has 4 rings (SSSR count). The van der Waals surface area contributed by atoms with E-state index >= 15 is 0 Å². The van der Waals surface area contributed by atoms with E-state index in [9.17, 15) is 5.11 Å². The summed E-state index contributed by atoms with van der Waals surface area (Å²) >= 11 is 7.87. The van der Waals surface area contributed by atoms with Crippen LogP contribution in [0, 0.1) is 6.92 Å². The number of ether oxygens (including phenoxy) is 1. The fourth-order valence-corrected chi connectivity index (χ4v) is 4.90. The third kappa shape index (κ3) is 4.58. The molecule has 154 valence electrons. The lowest BCUT2D eigenvalue weighted by atomic mass is 9.92. The Morgan fingerprint density at radius 2 is 2.11 bits per heavy atom. The number of rotatable bonds is 4. The quantitative estimate of drug-likeness (QED) is 0.665. The van der Waals surface area contributed by atoms with Crippen molar-refractivity contribution in [3.63, 3.8) is 0 Å². The summed E-state index contributed by atoms with van der Waals surface area (Å²) in [5, 5.41) is 17.2. The Balaban J connectivity index is 0.00000225. The SMILES string of the molecule is Cc1c(C2CCNCC2)nsc1-c1nc(N[C@@H]2CCOC[C@H]2O)ncc1Cl.Cl. The van der Waals surface area contributed by atoms with Crippen molar-refractivity contribution in [1.29, 1.82) is 0 Å². The third-order valence-corrected chi connectivity index (χ3v) is 6.53. The molecule has 2 aromatic heterocycles. The molecule has 0 saturated carbocycles. The highest BCUT2D eigenvalue weighted by atomic mass is 35.5. The minimum atomic E-state index is -0.571. The fourth-order valence-electron chi connectivity index (χ4n) is 3.70. The molecule has 7 nitrogen and oxygen atoms in total. The number of aromatic nitrogens is 3. The minimum Gasteiger partial charge on any atom is -0.389 e. The first-order chi connectivity index (χ1) is 13.1. The van der Waals surface area contributed by atoms with Crippen LogP contribution in [0.25, 0.3) is 10.6 Å². The molecule has 2 aliphatic rings. The van der Waals surface area contributed by atoms with E-state index < -0.39 is 6.10 Å². The summed E-state index contributed by atoms with van der Waals surface area (Å²) in [6.45, 7) is 5.11. The van der Waals surface area contributed by atoms with E-state index in [0.717, 1.165) is 36.4 Å². The first-order valence-corrected chi connectivity index (χ1v) is 10.5. The molecule has 0 aromatic carbocycles. The number of anilines is 1. The van der Waals surface area contributed by atoms with Gasteiger partial charge < -0.3 is 20.5 Å². The molecule has 28 heavy (non-hydrogen) atoms. The van der Waals surface area contributed by atoms with E-state index in [2.05, 4.69) is 27.5 Å². The van der Waals surface area contributed by atoms with E-state index in [1.54, 1.807) is 6.20 Å². The maximum Gasteiger partial charge on any atom is 0.223 e. The van der Waals surface area contributed by atoms with Crippen LogP contribution in [0.5, 0.6) is 0 Å². The van der Waals surface area contributed by atoms with Crippen molar-refractivity contribution < 1.29 is 9.84 Å². The van der Waals surface area contributed by atoms with Crippen LogP contribution in [0.1, 0.15) is 36.4 Å². The molecule has 2 atom stereocenters. The van der Waals surface area contributed by atoms with Gasteiger partial charge in [-0.3, -0.25) is 0 Å². The molecule has 0 amide bonds. The van der Waals surface area contributed by atoms with Gasteiger partial charge in [-0.1, -0.05) is 11.6 Å². The van der Waals surface area contributed by atoms with Crippen molar-refractivity contribution in [2.75, 3.05) is 31.6 Å². The monoisotopic (exact) mass is 445 g/mol. The van der Waals surface area contributed by atoms with E-state index in [4.69, 9.17) is 20.7 Å². The number of nitrogens with one attached hydrogen (secondary N) is 2. The zero-order chi connectivity index (χ0) is 18.8. The van der Waals surface area contributed by atoms with Crippen LogP contribution in [0.2, 0.25) is 5.02 Å². The standard InChI is InChI=1S/C18H24ClN5O2S.ClH/c1-10-15(11-2-5-20-6-3-11)24-27-17(10)16-12(19)8-21-18(23-16)22-13-4-7-26-9-14(13)25;/h8,11,13-14,20,25H,2-7,9H2,1H3,(H,21,22,23);1H/t13-,14-;/m1./s1. The fraction of sp³-hybridized carbons (Fsp3) is 0.611. The Hall–Kier alpha value is -1.03. The molecule has 0 bridgehead atoms. The van der Waals surface area contributed by atoms with Crippen molar-refractivity contribution in [1.82, 2.24) is 19.7 Å². The second kappa shape index (κ2) is 9.65. The summed E-state index contributed by atoms with van der Waals surface area (Å²) < 4.78 is 10.0. The molecule has 4 heterocycles. The number of aliphatic hydroxyl groups excluding tert-OH is 1. The van der Waals surface area contributed by atoms with Crippen LogP contribution in [-0.2, 0) is 4.74 Å². The molecule has 10 heteroatoms. The van der Waals surface area contributed by atoms with Crippen LogP contribution in [0.15, 0.2) is 6.20 Å². The van der Waals surface area contributed by atoms with E-state index in [1.165, 1.54) is 17.2 Å². The van der Waals surface area contributed by atoms with Gasteiger partial charge in [0.15, 0.2) is 0 Å². The van der Waals surface area contributed by atoms with Crippen molar-refractivity contribution >= 4 is 41.5 Å². The molecule has 2 aromatic rings. The van der Waals surface area contributed by atoms with Crippen LogP contribution in [0.3, 0.4) is 0 Å². The van der Waals surface area contributed by atoms with Gasteiger partial charge in [-0.15, -0.1) is 12.4 Å². The normalized spacial score (nSPS) is 23.2. The molecular weight excluding hydrogens is 421 g/mol. The first kappa shape index (κ1) is 21.7. The van der Waals surface area contributed by atoms with Gasteiger partial charge >= 0.3 is 0 Å². The predicted octanol–water partition coefficient (Wildman–Crippen LogP) is 3.01. The summed E-state index contributed by atoms with van der Waals surface area (Å²) in [5.41, 5.74) is 3.02. The Morgan fingerprint density at radius 3 is 2.86 bits per heavy atom. The average molecular weight is 446 g/mol. The summed E-state index contributed by atoms with van der Waals surface area (Å²) in [6.07, 6.45) is 3.97. The lowest BCUT2D eigenvalue weighted by Gasteiger charge is -2.28. The highest BCUT2D eigenvalue weighted by Crippen LogP contribution is 2.38. The number of hydrogen-bond donors (Lipinski definition) is 3. The maximum atomic E-state index is 10.1. The Kier molecular flexibility index (Phi) is 7.47. The number of hydrogen-bond acceptors (Lipinski definition) is 8. The summed E-state index contributed by atoms with van der Waals surface area (Å²) in [6, 6.07) is -0.124. The molecule has 0 aliphatic carbocycles. The number of piperidine rings is 1. The minimum absolute atomic E-state index is 0. The van der Waals surface area contributed by atoms with Crippen molar-refractivity contribution in [2.45, 2.75) is 44.2 Å². The van der Waals surface area contributed by atoms with Gasteiger partial charge in [0.25, 0.3) is 0 Å². The Bertz CT molecular complexity index is 800. The Labute approximate surface area is 179 Å². The summed E-state index contributed by atoms with van der Waals surface area (Å²) in [4.78, 5) is 9.92. The number of nitrogens with zero attached hydrogens (tertiary/aromatic N) is 3. The number of aliphatic hydroxyl groups is 1. The molecule has 2 saturated heterocycles. The van der Waals surface area contributed by atoms with Crippen LogP contribution in [0.4, 0.5) is 5.95 Å². The average Bonchev–Trinajstić information content (AvgIpc) is 3.07. The van der Waals surface area contributed by atoms with Gasteiger partial charge in [0, 0.05) is 12.5 Å². The summed E-state index contributed by atoms with van der Waals surface area (Å²) in [7, 11) is 0. The number of halogens is 2. The predicted molar refractivity (Wildman–Crippen MR) is 114 cm³/mol. The molecule has 3 N–H and O–H groups in total. The molecule has 0 unspecified atom stereocenters. The lowest BCUT2D eigenvalue weighted by Crippen LogP contribution is -2.42. The highest BCUT2D eigenvalue weighted by Gasteiger charge is 2.26. The largest absolute Gasteiger partial charge is 0.389 e. The van der Waals surface area contributed by atoms with Gasteiger partial charge in [-0.05, 0) is 56.4 Å². The van der Waals surface area contributed by atoms with Crippen LogP contribution in [-0.4, -0.2) is 57.9 Å². The molecule has 2 aliphatic heterocycles. The maximum absolute atomic E-state index is 10.1. The zero-order valence-electron chi connectivity index (χ0n) is 15.7. The van der Waals surface area contributed by atoms with Gasteiger partial charge in [0.2, 0.25) is 5.95 Å². The smallest absolute Gasteiger partial charge is 0.223 e. The van der Waals surface area contributed by atoms with Crippen molar-refractivity contribution in [3.05, 3.63) is 22.5 Å².